The van der Waals surface area contributed by atoms with E-state index in [4.69, 9.17) is 14.2 Å². The summed E-state index contributed by atoms with van der Waals surface area (Å²) in [5.41, 5.74) is 0. The van der Waals surface area contributed by atoms with Crippen molar-refractivity contribution in [2.45, 2.75) is 271 Å². The summed E-state index contributed by atoms with van der Waals surface area (Å²) in [6.07, 6.45) is 51.5. The van der Waals surface area contributed by atoms with E-state index in [-0.39, 0.29) is 31.1 Å². The Morgan fingerprint density at radius 2 is 0.667 bits per heavy atom. The van der Waals surface area contributed by atoms with E-state index < -0.39 is 6.10 Å². The summed E-state index contributed by atoms with van der Waals surface area (Å²) in [5, 5.41) is 0. The molecule has 0 aliphatic rings. The van der Waals surface area contributed by atoms with Gasteiger partial charge in [0.1, 0.15) is 13.2 Å². The van der Waals surface area contributed by atoms with E-state index in [1.807, 2.05) is 0 Å². The van der Waals surface area contributed by atoms with Crippen molar-refractivity contribution in [3.63, 3.8) is 0 Å². The molecule has 0 aliphatic heterocycles. The van der Waals surface area contributed by atoms with Gasteiger partial charge in [0.25, 0.3) is 0 Å². The molecule has 0 aromatic heterocycles. The lowest BCUT2D eigenvalue weighted by molar-refractivity contribution is -0.167. The van der Waals surface area contributed by atoms with E-state index >= 15 is 0 Å². The minimum atomic E-state index is -0.769. The highest BCUT2D eigenvalue weighted by Crippen LogP contribution is 2.16. The van der Waals surface area contributed by atoms with Crippen LogP contribution in [0, 0.1) is 0 Å². The summed E-state index contributed by atoms with van der Waals surface area (Å²) in [6.45, 7) is 6.58. The van der Waals surface area contributed by atoms with Crippen LogP contribution in [0.2, 0.25) is 0 Å². The van der Waals surface area contributed by atoms with Crippen LogP contribution in [-0.4, -0.2) is 37.2 Å². The van der Waals surface area contributed by atoms with Gasteiger partial charge in [0.05, 0.1) is 0 Å². The Balaban J connectivity index is 4.36. The molecule has 0 aromatic carbocycles. The van der Waals surface area contributed by atoms with Crippen molar-refractivity contribution in [2.24, 2.45) is 0 Å². The molecule has 0 N–H and O–H groups in total. The van der Waals surface area contributed by atoms with E-state index in [9.17, 15) is 14.4 Å². The predicted octanol–water partition coefficient (Wildman–Crippen LogP) is 16.0. The highest BCUT2D eigenvalue weighted by Gasteiger charge is 2.19. The molecule has 0 spiro atoms. The highest BCUT2D eigenvalue weighted by atomic mass is 16.6. The lowest BCUT2D eigenvalue weighted by Crippen LogP contribution is -2.30. The van der Waals surface area contributed by atoms with Crippen molar-refractivity contribution < 1.29 is 28.6 Å². The molecule has 57 heavy (non-hydrogen) atoms. The molecule has 6 nitrogen and oxygen atoms in total. The molecule has 1 unspecified atom stereocenters. The molecule has 334 valence electrons. The lowest BCUT2D eigenvalue weighted by atomic mass is 10.0. The first-order valence-electron chi connectivity index (χ1n) is 24.8. The normalized spacial score (nSPS) is 12.1. The number of unbranched alkanes of at least 4 members (excludes halogenated alkanes) is 30. The summed E-state index contributed by atoms with van der Waals surface area (Å²) in [4.78, 5) is 37.9. The first kappa shape index (κ1) is 54.9. The summed E-state index contributed by atoms with van der Waals surface area (Å²) >= 11 is 0. The van der Waals surface area contributed by atoms with E-state index in [2.05, 4.69) is 45.1 Å². The molecule has 6 heteroatoms. The standard InChI is InChI=1S/C51H94O6/c1-4-7-10-13-16-19-22-25-28-31-34-37-40-43-49(52)55-46-48(57-51(54)45-42-39-36-33-30-27-24-21-18-15-12-9-6-3)47-56-50(53)44-41-38-35-32-29-26-23-20-17-14-11-8-5-2/h10,13,19,22,48H,4-9,11-12,14-18,20-21,23-47H2,1-3H3/b13-10-,22-19-. The second-order valence-corrected chi connectivity index (χ2v) is 16.7. The van der Waals surface area contributed by atoms with Crippen LogP contribution in [0.15, 0.2) is 24.3 Å². The maximum atomic E-state index is 12.8. The van der Waals surface area contributed by atoms with E-state index in [0.29, 0.717) is 19.3 Å². The zero-order valence-corrected chi connectivity index (χ0v) is 38.1. The van der Waals surface area contributed by atoms with Crippen molar-refractivity contribution in [3.05, 3.63) is 24.3 Å². The van der Waals surface area contributed by atoms with Crippen LogP contribution in [0.25, 0.3) is 0 Å². The summed E-state index contributed by atoms with van der Waals surface area (Å²) in [6, 6.07) is 0. The monoisotopic (exact) mass is 803 g/mol. The van der Waals surface area contributed by atoms with Crippen LogP contribution in [0.5, 0.6) is 0 Å². The number of rotatable bonds is 45. The van der Waals surface area contributed by atoms with Gasteiger partial charge in [-0.05, 0) is 44.9 Å². The van der Waals surface area contributed by atoms with Crippen molar-refractivity contribution in [1.82, 2.24) is 0 Å². The van der Waals surface area contributed by atoms with Crippen molar-refractivity contribution in [3.8, 4) is 0 Å². The maximum Gasteiger partial charge on any atom is 0.306 e. The number of carbonyl (C=O) groups is 3. The Kier molecular flexibility index (Phi) is 44.9. The Bertz CT molecular complexity index is 927. The quantitative estimate of drug-likeness (QED) is 0.0264. The second-order valence-electron chi connectivity index (χ2n) is 16.7. The van der Waals surface area contributed by atoms with Crippen LogP contribution in [-0.2, 0) is 28.6 Å². The van der Waals surface area contributed by atoms with E-state index in [0.717, 1.165) is 83.5 Å². The molecule has 0 radical (unpaired) electrons. The molecule has 0 bridgehead atoms. The van der Waals surface area contributed by atoms with Gasteiger partial charge in [-0.2, -0.15) is 0 Å². The molecule has 0 aliphatic carbocycles. The largest absolute Gasteiger partial charge is 0.462 e. The van der Waals surface area contributed by atoms with Crippen molar-refractivity contribution in [2.75, 3.05) is 13.2 Å². The maximum absolute atomic E-state index is 12.8. The Morgan fingerprint density at radius 1 is 0.351 bits per heavy atom. The Labute approximate surface area is 353 Å². The Morgan fingerprint density at radius 3 is 1.04 bits per heavy atom. The number of hydrogen-bond acceptors (Lipinski definition) is 6. The topological polar surface area (TPSA) is 78.9 Å². The van der Waals surface area contributed by atoms with Gasteiger partial charge in [0.2, 0.25) is 0 Å². The average Bonchev–Trinajstić information content (AvgIpc) is 3.21. The van der Waals surface area contributed by atoms with E-state index in [1.54, 1.807) is 0 Å². The molecule has 0 rings (SSSR count). The summed E-state index contributed by atoms with van der Waals surface area (Å²) < 4.78 is 16.8. The molecule has 0 amide bonds. The van der Waals surface area contributed by atoms with Gasteiger partial charge in [-0.15, -0.1) is 0 Å². The smallest absolute Gasteiger partial charge is 0.306 e. The summed E-state index contributed by atoms with van der Waals surface area (Å²) in [5.74, 6) is -0.874. The molecule has 0 heterocycles. The van der Waals surface area contributed by atoms with Gasteiger partial charge in [0, 0.05) is 19.3 Å². The average molecular weight is 803 g/mol. The number of esters is 3. The molecule has 0 fully saturated rings. The zero-order chi connectivity index (χ0) is 41.5. The lowest BCUT2D eigenvalue weighted by Gasteiger charge is -2.18. The van der Waals surface area contributed by atoms with Gasteiger partial charge in [0.15, 0.2) is 6.10 Å². The van der Waals surface area contributed by atoms with E-state index in [1.165, 1.54) is 141 Å². The first-order chi connectivity index (χ1) is 28.0. The number of ether oxygens (including phenoxy) is 3. The third kappa shape index (κ3) is 44.8. The third-order valence-corrected chi connectivity index (χ3v) is 10.9. The van der Waals surface area contributed by atoms with Gasteiger partial charge in [-0.1, -0.05) is 225 Å². The molecule has 0 saturated heterocycles. The van der Waals surface area contributed by atoms with Gasteiger partial charge in [-0.3, -0.25) is 14.4 Å². The van der Waals surface area contributed by atoms with Crippen molar-refractivity contribution >= 4 is 17.9 Å². The second kappa shape index (κ2) is 46.6. The number of carbonyl (C=O) groups excluding carboxylic acids is 3. The molecule has 0 aromatic rings. The van der Waals surface area contributed by atoms with Crippen LogP contribution >= 0.6 is 0 Å². The van der Waals surface area contributed by atoms with Crippen LogP contribution in [0.1, 0.15) is 265 Å². The molecular weight excluding hydrogens is 709 g/mol. The highest BCUT2D eigenvalue weighted by molar-refractivity contribution is 5.71. The molecule has 1 atom stereocenters. The van der Waals surface area contributed by atoms with Gasteiger partial charge in [-0.25, -0.2) is 0 Å². The fraction of sp³-hybridized carbons (Fsp3) is 0.863. The van der Waals surface area contributed by atoms with Gasteiger partial charge >= 0.3 is 17.9 Å². The molecular formula is C51H94O6. The Hall–Kier alpha value is -2.11. The van der Waals surface area contributed by atoms with Crippen LogP contribution < -0.4 is 0 Å². The minimum absolute atomic E-state index is 0.0711. The van der Waals surface area contributed by atoms with Gasteiger partial charge < -0.3 is 14.2 Å². The fourth-order valence-electron chi connectivity index (χ4n) is 7.19. The predicted molar refractivity (Wildman–Crippen MR) is 243 cm³/mol. The minimum Gasteiger partial charge on any atom is -0.462 e. The first-order valence-corrected chi connectivity index (χ1v) is 24.8. The van der Waals surface area contributed by atoms with Crippen LogP contribution in [0.4, 0.5) is 0 Å². The number of hydrogen-bond donors (Lipinski definition) is 0. The van der Waals surface area contributed by atoms with Crippen molar-refractivity contribution in [1.29, 1.82) is 0 Å². The fourth-order valence-corrected chi connectivity index (χ4v) is 7.19. The number of allylic oxidation sites excluding steroid dienone is 4. The summed E-state index contributed by atoms with van der Waals surface area (Å²) in [7, 11) is 0. The third-order valence-electron chi connectivity index (χ3n) is 10.9. The molecule has 0 saturated carbocycles. The zero-order valence-electron chi connectivity index (χ0n) is 38.1. The van der Waals surface area contributed by atoms with Crippen LogP contribution in [0.3, 0.4) is 0 Å². The SMILES string of the molecule is CCC/C=C\C/C=C\CCCCCCCC(=O)OCC(COC(=O)CCCCCCCCCCCCCCC)OC(=O)CCCCCCCCCCCCCCC.